The van der Waals surface area contributed by atoms with Crippen LogP contribution in [0.3, 0.4) is 0 Å². The molecule has 2 unspecified atom stereocenters. The van der Waals surface area contributed by atoms with Gasteiger partial charge in [0.2, 0.25) is 5.28 Å². The van der Waals surface area contributed by atoms with Gasteiger partial charge >= 0.3 is 7.82 Å². The molecule has 0 aromatic carbocycles. The predicted molar refractivity (Wildman–Crippen MR) is 120 cm³/mol. The van der Waals surface area contributed by atoms with Gasteiger partial charge in [0.25, 0.3) is 13.6 Å². The van der Waals surface area contributed by atoms with Crippen molar-refractivity contribution in [1.29, 1.82) is 0 Å². The molecule has 3 rings (SSSR count). The van der Waals surface area contributed by atoms with Gasteiger partial charge in [0, 0.05) is 19.7 Å². The summed E-state index contributed by atoms with van der Waals surface area (Å²) in [4.78, 5) is 40.2. The number of aliphatic hydroxyl groups excluding tert-OH is 1. The Morgan fingerprint density at radius 1 is 1.30 bits per heavy atom. The van der Waals surface area contributed by atoms with Crippen molar-refractivity contribution in [3.63, 3.8) is 0 Å². The molecule has 212 valence electrons. The van der Waals surface area contributed by atoms with Crippen molar-refractivity contribution in [2.45, 2.75) is 24.5 Å². The highest BCUT2D eigenvalue weighted by Crippen LogP contribution is 2.66. The van der Waals surface area contributed by atoms with E-state index < -0.39 is 53.8 Å². The highest BCUT2D eigenvalue weighted by Gasteiger charge is 2.55. The zero-order valence-electron chi connectivity index (χ0n) is 19.5. The van der Waals surface area contributed by atoms with Gasteiger partial charge < -0.3 is 57.8 Å². The number of terminal acetylenes is 1. The lowest BCUT2D eigenvalue weighted by molar-refractivity contribution is -0.339. The van der Waals surface area contributed by atoms with Crippen molar-refractivity contribution in [3.8, 4) is 12.3 Å². The van der Waals surface area contributed by atoms with Gasteiger partial charge in [-0.15, -0.1) is 6.42 Å². The van der Waals surface area contributed by atoms with Gasteiger partial charge in [0.1, 0.15) is 18.1 Å². The summed E-state index contributed by atoms with van der Waals surface area (Å²) in [6.45, 7) is 0. The van der Waals surface area contributed by atoms with Crippen molar-refractivity contribution in [2.24, 2.45) is 0 Å². The largest absolute Gasteiger partial charge is 0.790 e. The van der Waals surface area contributed by atoms with Crippen LogP contribution in [0.4, 0.5) is 10.2 Å². The molecule has 24 heteroatoms. The van der Waals surface area contributed by atoms with E-state index in [-0.39, 0.29) is 40.6 Å². The first-order valence-electron chi connectivity index (χ1n) is 8.48. The number of aromatic nitrogens is 3. The Kier molecular flexibility index (Phi) is 11.6. The number of phosphoric acid groups is 3. The zero-order chi connectivity index (χ0) is 25.7. The molecule has 1 fully saturated rings. The summed E-state index contributed by atoms with van der Waals surface area (Å²) in [5, 5.41) is 9.85. The van der Waals surface area contributed by atoms with Crippen LogP contribution in [-0.4, -0.2) is 38.6 Å². The molecule has 0 bridgehead atoms. The van der Waals surface area contributed by atoms with Crippen LogP contribution in [0.25, 0.3) is 11.0 Å². The fraction of sp³-hybridized carbons (Fsp3) is 0.385. The number of hydrogen-bond donors (Lipinski definition) is 5. The lowest BCUT2D eigenvalue weighted by Gasteiger charge is -2.37. The van der Waals surface area contributed by atoms with Crippen LogP contribution in [0.15, 0.2) is 6.20 Å². The van der Waals surface area contributed by atoms with E-state index in [2.05, 4.69) is 23.1 Å². The zero-order valence-corrected chi connectivity index (χ0v) is 22.9. The molecule has 19 nitrogen and oxygen atoms in total. The third-order valence-corrected chi connectivity index (χ3v) is 8.49. The number of fused-ring (bicyclic) bond motifs is 1. The molecule has 1 aliphatic heterocycles. The summed E-state index contributed by atoms with van der Waals surface area (Å²) in [6, 6.07) is 0. The number of quaternary nitrogens is 3. The number of phosphoric ester groups is 1. The average Bonchev–Trinajstić information content (AvgIpc) is 3.16. The topological polar surface area (TPSA) is 353 Å². The lowest BCUT2D eigenvalue weighted by atomic mass is 10.1. The van der Waals surface area contributed by atoms with Crippen LogP contribution in [-0.2, 0) is 36.1 Å². The first-order valence-corrected chi connectivity index (χ1v) is 13.2. The molecular weight excluding hydrogens is 594 g/mol. The van der Waals surface area contributed by atoms with Gasteiger partial charge in [-0.25, -0.2) is 22.8 Å². The van der Waals surface area contributed by atoms with E-state index in [1.165, 1.54) is 0 Å². The van der Waals surface area contributed by atoms with E-state index in [9.17, 15) is 37.9 Å². The molecule has 0 amide bonds. The maximum absolute atomic E-state index is 14.4. The summed E-state index contributed by atoms with van der Waals surface area (Å²) in [5.74, 6) is -2.18. The maximum Gasteiger partial charge on any atom is 0.484 e. The van der Waals surface area contributed by atoms with Crippen LogP contribution in [0.1, 0.15) is 12.6 Å². The molecule has 2 aromatic heterocycles. The number of aliphatic hydroxyl groups is 1. The number of rotatable bonds is 8. The fourth-order valence-corrected chi connectivity index (χ4v) is 6.46. The first-order chi connectivity index (χ1) is 15.5. The molecule has 15 N–H and O–H groups in total. The van der Waals surface area contributed by atoms with Crippen molar-refractivity contribution in [1.82, 2.24) is 33.0 Å². The number of anilines is 1. The van der Waals surface area contributed by atoms with Crippen molar-refractivity contribution >= 4 is 51.9 Å². The number of nitrogens with two attached hydrogens (primary N) is 1. The predicted octanol–water partition coefficient (Wildman–Crippen LogP) is 0.645. The van der Waals surface area contributed by atoms with Gasteiger partial charge in [-0.2, -0.15) is 4.98 Å². The molecule has 0 radical (unpaired) electrons. The smallest absolute Gasteiger partial charge is 0.484 e. The number of halogens is 2. The third kappa shape index (κ3) is 7.50. The van der Waals surface area contributed by atoms with Crippen LogP contribution < -0.4 is 38.9 Å². The fourth-order valence-electron chi connectivity index (χ4n) is 2.92. The minimum Gasteiger partial charge on any atom is -0.790 e. The van der Waals surface area contributed by atoms with Gasteiger partial charge in [-0.1, -0.05) is 0 Å². The Balaban J connectivity index is 0.00000432. The summed E-state index contributed by atoms with van der Waals surface area (Å²) < 4.78 is 72.0. The van der Waals surface area contributed by atoms with Crippen molar-refractivity contribution in [2.75, 3.05) is 12.8 Å². The second-order valence-corrected chi connectivity index (χ2v) is 11.3. The minimum atomic E-state index is -6.16. The quantitative estimate of drug-likeness (QED) is 0.154. The highest BCUT2D eigenvalue weighted by molar-refractivity contribution is 7.65. The van der Waals surface area contributed by atoms with Gasteiger partial charge in [0.05, 0.1) is 13.2 Å². The minimum absolute atomic E-state index is 0. The highest BCUT2D eigenvalue weighted by atomic mass is 35.5. The number of nitrogens with zero attached hydrogens (tertiary/aromatic N) is 3. The molecule has 37 heavy (non-hydrogen) atoms. The second kappa shape index (κ2) is 12.1. The summed E-state index contributed by atoms with van der Waals surface area (Å²) in [6.07, 6.45) is 2.41. The molecule has 5 atom stereocenters. The van der Waals surface area contributed by atoms with Crippen LogP contribution >= 0.6 is 35.1 Å². The first kappa shape index (κ1) is 35.4. The Morgan fingerprint density at radius 3 is 2.41 bits per heavy atom. The van der Waals surface area contributed by atoms with Crippen LogP contribution in [0.2, 0.25) is 5.28 Å². The SMILES string of the molecule is C#C[C@]1(OP(=O)(OC)OP(=O)([O-])OP(=O)([O-])[O-])O[C@@H](n2cc(F)c3c(N)nc(Cl)nc32)C[C@@H]1O.[NH4+].[NH4+].[NH4+]. The Labute approximate surface area is 212 Å². The van der Waals surface area contributed by atoms with Gasteiger partial charge in [0.15, 0.2) is 11.5 Å². The van der Waals surface area contributed by atoms with E-state index in [1.54, 1.807) is 5.92 Å². The molecule has 2 aromatic rings. The summed E-state index contributed by atoms with van der Waals surface area (Å²) in [5.41, 5.74) is 5.45. The Morgan fingerprint density at radius 2 is 1.89 bits per heavy atom. The molecular formula is C13H24ClFN7O12P3. The number of ether oxygens (including phenoxy) is 1. The van der Waals surface area contributed by atoms with E-state index in [0.717, 1.165) is 10.8 Å². The number of nitrogen functional groups attached to an aromatic ring is 1. The molecule has 0 aliphatic carbocycles. The molecule has 1 aliphatic rings. The third-order valence-electron chi connectivity index (χ3n) is 4.18. The van der Waals surface area contributed by atoms with E-state index in [0.29, 0.717) is 7.11 Å². The van der Waals surface area contributed by atoms with Crippen LogP contribution in [0, 0.1) is 18.2 Å². The number of hydrogen-bond acceptors (Lipinski definition) is 15. The lowest BCUT2D eigenvalue weighted by Crippen LogP contribution is -2.40. The van der Waals surface area contributed by atoms with Crippen LogP contribution in [0.5, 0.6) is 0 Å². The van der Waals surface area contributed by atoms with Crippen molar-refractivity contribution in [3.05, 3.63) is 17.3 Å². The molecule has 3 heterocycles. The maximum atomic E-state index is 14.4. The van der Waals surface area contributed by atoms with Gasteiger partial charge in [-0.05, 0) is 17.5 Å². The average molecular weight is 618 g/mol. The Hall–Kier alpha value is -1.59. The molecule has 1 saturated heterocycles. The molecule has 0 spiro atoms. The second-order valence-electron chi connectivity index (χ2n) is 6.38. The van der Waals surface area contributed by atoms with Gasteiger partial charge in [-0.3, -0.25) is 13.4 Å². The standard InChI is InChI=1S/C13H15ClFN4O12P3.3H3N/c1-3-13(29-34(26,27-2)31-33(24,25)30-32(21,22)23)7(20)4-8(28-13)19-5-6(15)9-10(16)17-12(14)18-11(9)19;;;/h1,5,7-8,20H,4H2,2H3,(H,24,25)(H2,16,17,18)(H2,21,22,23);3*1H3/t7-,8+,13+,34?;;;/m0.../s1. The van der Waals surface area contributed by atoms with E-state index in [1.807, 2.05) is 0 Å². The monoisotopic (exact) mass is 617 g/mol. The Bertz CT molecular complexity index is 1320. The van der Waals surface area contributed by atoms with E-state index >= 15 is 0 Å². The summed E-state index contributed by atoms with van der Waals surface area (Å²) in [7, 11) is -17.1. The van der Waals surface area contributed by atoms with E-state index in [4.69, 9.17) is 33.0 Å². The normalized spacial score (nSPS) is 24.6. The summed E-state index contributed by atoms with van der Waals surface area (Å²) >= 11 is 5.75. The van der Waals surface area contributed by atoms with Crippen molar-refractivity contribution < 1.29 is 60.3 Å². The molecule has 0 saturated carbocycles.